The van der Waals surface area contributed by atoms with E-state index < -0.39 is 0 Å². The number of rotatable bonds is 4. The second-order valence-electron chi connectivity index (χ2n) is 7.10. The molecule has 1 aromatic carbocycles. The van der Waals surface area contributed by atoms with Gasteiger partial charge in [-0.25, -0.2) is 4.98 Å². The third kappa shape index (κ3) is 4.57. The Morgan fingerprint density at radius 2 is 2.00 bits per heavy atom. The molecule has 2 aromatic rings. The van der Waals surface area contributed by atoms with Crippen molar-refractivity contribution in [2.24, 2.45) is 0 Å². The lowest BCUT2D eigenvalue weighted by molar-refractivity contribution is -0.120. The summed E-state index contributed by atoms with van der Waals surface area (Å²) in [5.74, 6) is 0.414. The number of ether oxygens (including phenoxy) is 1. The van der Waals surface area contributed by atoms with Gasteiger partial charge in [-0.1, -0.05) is 12.1 Å². The van der Waals surface area contributed by atoms with Crippen LogP contribution in [0.15, 0.2) is 30.3 Å². The van der Waals surface area contributed by atoms with Gasteiger partial charge in [0, 0.05) is 42.7 Å². The van der Waals surface area contributed by atoms with Crippen LogP contribution in [0.25, 0.3) is 11.3 Å². The number of anilines is 1. The fourth-order valence-electron chi connectivity index (χ4n) is 3.05. The van der Waals surface area contributed by atoms with E-state index >= 15 is 0 Å². The molecule has 1 saturated heterocycles. The number of hydrogen-bond acceptors (Lipinski definition) is 6. The summed E-state index contributed by atoms with van der Waals surface area (Å²) in [4.78, 5) is 34.5. The maximum absolute atomic E-state index is 12.9. The van der Waals surface area contributed by atoms with Gasteiger partial charge in [-0.3, -0.25) is 9.59 Å². The van der Waals surface area contributed by atoms with E-state index in [4.69, 9.17) is 10.5 Å². The van der Waals surface area contributed by atoms with Crippen LogP contribution in [0.4, 0.5) is 5.95 Å². The number of nitrogens with two attached hydrogens (primary N) is 1. The van der Waals surface area contributed by atoms with Gasteiger partial charge in [0.2, 0.25) is 17.7 Å². The van der Waals surface area contributed by atoms with E-state index in [1.165, 1.54) is 0 Å². The van der Waals surface area contributed by atoms with Gasteiger partial charge in [0.15, 0.2) is 0 Å². The summed E-state index contributed by atoms with van der Waals surface area (Å²) >= 11 is 0. The SMILES string of the molecule is CC(C)Oc1cc(-c2ccc(C(=O)N3CCC(=O)NCC3C)cc2)nc(N)n1. The first-order valence-electron chi connectivity index (χ1n) is 9.33. The third-order valence-corrected chi connectivity index (χ3v) is 4.47. The summed E-state index contributed by atoms with van der Waals surface area (Å²) in [6.45, 7) is 6.61. The number of carbonyl (C=O) groups excluding carboxylic acids is 2. The first kappa shape index (κ1) is 19.6. The van der Waals surface area contributed by atoms with Crippen molar-refractivity contribution in [2.75, 3.05) is 18.8 Å². The Labute approximate surface area is 164 Å². The average Bonchev–Trinajstić information content (AvgIpc) is 2.81. The number of benzene rings is 1. The smallest absolute Gasteiger partial charge is 0.254 e. The molecular weight excluding hydrogens is 358 g/mol. The summed E-state index contributed by atoms with van der Waals surface area (Å²) in [7, 11) is 0. The lowest BCUT2D eigenvalue weighted by atomic mass is 10.1. The number of hydrogen-bond donors (Lipinski definition) is 2. The van der Waals surface area contributed by atoms with E-state index in [-0.39, 0.29) is 29.9 Å². The summed E-state index contributed by atoms with van der Waals surface area (Å²) in [5.41, 5.74) is 7.78. The zero-order valence-corrected chi connectivity index (χ0v) is 16.3. The van der Waals surface area contributed by atoms with Crippen LogP contribution in [0.5, 0.6) is 5.88 Å². The molecule has 2 heterocycles. The van der Waals surface area contributed by atoms with Gasteiger partial charge in [0.05, 0.1) is 11.8 Å². The molecule has 28 heavy (non-hydrogen) atoms. The quantitative estimate of drug-likeness (QED) is 0.834. The third-order valence-electron chi connectivity index (χ3n) is 4.47. The number of carbonyl (C=O) groups is 2. The van der Waals surface area contributed by atoms with E-state index in [0.717, 1.165) is 5.56 Å². The molecule has 0 bridgehead atoms. The van der Waals surface area contributed by atoms with Crippen molar-refractivity contribution in [3.63, 3.8) is 0 Å². The van der Waals surface area contributed by atoms with Gasteiger partial charge < -0.3 is 20.7 Å². The molecule has 8 heteroatoms. The van der Waals surface area contributed by atoms with Crippen molar-refractivity contribution in [3.05, 3.63) is 35.9 Å². The minimum atomic E-state index is -0.0958. The van der Waals surface area contributed by atoms with Crippen LogP contribution in [0.1, 0.15) is 37.6 Å². The highest BCUT2D eigenvalue weighted by molar-refractivity contribution is 5.95. The lowest BCUT2D eigenvalue weighted by Gasteiger charge is -2.26. The van der Waals surface area contributed by atoms with Gasteiger partial charge in [-0.05, 0) is 32.9 Å². The van der Waals surface area contributed by atoms with Crippen LogP contribution in [-0.2, 0) is 4.79 Å². The van der Waals surface area contributed by atoms with Crippen LogP contribution in [0.3, 0.4) is 0 Å². The normalized spacial score (nSPS) is 17.2. The number of nitrogen functional groups attached to an aromatic ring is 1. The van der Waals surface area contributed by atoms with Crippen LogP contribution < -0.4 is 15.8 Å². The van der Waals surface area contributed by atoms with E-state index in [1.807, 2.05) is 32.9 Å². The predicted molar refractivity (Wildman–Crippen MR) is 106 cm³/mol. The number of nitrogens with zero attached hydrogens (tertiary/aromatic N) is 3. The summed E-state index contributed by atoms with van der Waals surface area (Å²) in [6, 6.07) is 8.81. The number of amides is 2. The molecule has 8 nitrogen and oxygen atoms in total. The van der Waals surface area contributed by atoms with Gasteiger partial charge >= 0.3 is 0 Å². The molecule has 0 aliphatic carbocycles. The Balaban J connectivity index is 1.80. The molecule has 2 amide bonds. The number of aromatic nitrogens is 2. The van der Waals surface area contributed by atoms with E-state index in [2.05, 4.69) is 15.3 Å². The van der Waals surface area contributed by atoms with Crippen molar-refractivity contribution in [1.82, 2.24) is 20.2 Å². The van der Waals surface area contributed by atoms with Gasteiger partial charge in [0.1, 0.15) is 0 Å². The average molecular weight is 383 g/mol. The molecule has 0 radical (unpaired) electrons. The van der Waals surface area contributed by atoms with Crippen molar-refractivity contribution < 1.29 is 14.3 Å². The van der Waals surface area contributed by atoms with E-state index in [1.54, 1.807) is 23.1 Å². The highest BCUT2D eigenvalue weighted by Crippen LogP contribution is 2.23. The van der Waals surface area contributed by atoms with Crippen molar-refractivity contribution in [3.8, 4) is 17.1 Å². The van der Waals surface area contributed by atoms with Gasteiger partial charge in [-0.15, -0.1) is 0 Å². The Hall–Kier alpha value is -3.16. The van der Waals surface area contributed by atoms with Crippen LogP contribution in [-0.4, -0.2) is 51.9 Å². The minimum absolute atomic E-state index is 0.0286. The molecule has 0 saturated carbocycles. The Morgan fingerprint density at radius 3 is 2.68 bits per heavy atom. The fourth-order valence-corrected chi connectivity index (χ4v) is 3.05. The second kappa shape index (κ2) is 8.24. The topological polar surface area (TPSA) is 110 Å². The molecule has 1 fully saturated rings. The van der Waals surface area contributed by atoms with Crippen molar-refractivity contribution in [2.45, 2.75) is 39.3 Å². The molecule has 1 aliphatic rings. The predicted octanol–water partition coefficient (Wildman–Crippen LogP) is 1.86. The molecule has 1 aromatic heterocycles. The molecule has 1 aliphatic heterocycles. The molecular formula is C20H25N5O3. The minimum Gasteiger partial charge on any atom is -0.475 e. The Morgan fingerprint density at radius 1 is 1.29 bits per heavy atom. The largest absolute Gasteiger partial charge is 0.475 e. The lowest BCUT2D eigenvalue weighted by Crippen LogP contribution is -2.41. The second-order valence-corrected chi connectivity index (χ2v) is 7.10. The molecule has 148 valence electrons. The zero-order chi connectivity index (χ0) is 20.3. The zero-order valence-electron chi connectivity index (χ0n) is 16.3. The summed E-state index contributed by atoms with van der Waals surface area (Å²) in [6.07, 6.45) is 0.284. The maximum atomic E-state index is 12.9. The van der Waals surface area contributed by atoms with Gasteiger partial charge in [0.25, 0.3) is 5.91 Å². The first-order chi connectivity index (χ1) is 13.3. The fraction of sp³-hybridized carbons (Fsp3) is 0.400. The van der Waals surface area contributed by atoms with Crippen LogP contribution in [0.2, 0.25) is 0 Å². The highest BCUT2D eigenvalue weighted by Gasteiger charge is 2.25. The Bertz CT molecular complexity index is 867. The standard InChI is InChI=1S/C20H25N5O3/c1-12(2)28-18-10-16(23-20(21)24-18)14-4-6-15(7-5-14)19(27)25-9-8-17(26)22-11-13(25)3/h4-7,10,12-13H,8-9,11H2,1-3H3,(H,22,26)(H2,21,23,24). The van der Waals surface area contributed by atoms with Gasteiger partial charge in [-0.2, -0.15) is 4.98 Å². The monoisotopic (exact) mass is 383 g/mol. The molecule has 3 rings (SSSR count). The van der Waals surface area contributed by atoms with E-state index in [0.29, 0.717) is 36.6 Å². The van der Waals surface area contributed by atoms with Crippen molar-refractivity contribution in [1.29, 1.82) is 0 Å². The first-order valence-corrected chi connectivity index (χ1v) is 9.33. The van der Waals surface area contributed by atoms with Crippen LogP contribution >= 0.6 is 0 Å². The Kier molecular flexibility index (Phi) is 5.77. The highest BCUT2D eigenvalue weighted by atomic mass is 16.5. The molecule has 1 atom stereocenters. The molecule has 3 N–H and O–H groups in total. The van der Waals surface area contributed by atoms with Crippen molar-refractivity contribution >= 4 is 17.8 Å². The van der Waals surface area contributed by atoms with Crippen LogP contribution in [0, 0.1) is 0 Å². The maximum Gasteiger partial charge on any atom is 0.254 e. The number of nitrogens with one attached hydrogen (secondary N) is 1. The molecule has 0 spiro atoms. The summed E-state index contributed by atoms with van der Waals surface area (Å²) in [5, 5.41) is 2.81. The summed E-state index contributed by atoms with van der Waals surface area (Å²) < 4.78 is 5.61. The van der Waals surface area contributed by atoms with E-state index in [9.17, 15) is 9.59 Å². The molecule has 1 unspecified atom stereocenters.